The van der Waals surface area contributed by atoms with Crippen LogP contribution in [0.15, 0.2) is 33.6 Å². The van der Waals surface area contributed by atoms with Gasteiger partial charge in [-0.1, -0.05) is 24.3 Å². The van der Waals surface area contributed by atoms with Gasteiger partial charge in [-0.15, -0.1) is 0 Å². The average Bonchev–Trinajstić information content (AvgIpc) is 2.53. The fourth-order valence-electron chi connectivity index (χ4n) is 1.75. The van der Waals surface area contributed by atoms with Crippen molar-refractivity contribution in [3.8, 4) is 11.1 Å². The molecular formula is C11H12BNO4. The summed E-state index contributed by atoms with van der Waals surface area (Å²) in [7, 11) is 0.0438. The van der Waals surface area contributed by atoms with Gasteiger partial charge in [0, 0.05) is 7.05 Å². The normalized spacial score (nSPS) is 10.6. The molecule has 0 saturated carbocycles. The third-order valence-electron chi connectivity index (χ3n) is 2.62. The van der Waals surface area contributed by atoms with E-state index < -0.39 is 7.12 Å². The molecule has 1 aromatic carbocycles. The van der Waals surface area contributed by atoms with Crippen molar-refractivity contribution in [2.45, 2.75) is 6.92 Å². The van der Waals surface area contributed by atoms with Crippen LogP contribution in [0.2, 0.25) is 0 Å². The predicted molar refractivity (Wildman–Crippen MR) is 63.9 cm³/mol. The molecule has 0 aliphatic rings. The van der Waals surface area contributed by atoms with Gasteiger partial charge in [0.25, 0.3) is 5.56 Å². The molecule has 5 nitrogen and oxygen atoms in total. The lowest BCUT2D eigenvalue weighted by Crippen LogP contribution is -2.29. The molecule has 0 radical (unpaired) electrons. The van der Waals surface area contributed by atoms with Crippen molar-refractivity contribution in [3.63, 3.8) is 0 Å². The van der Waals surface area contributed by atoms with E-state index in [1.165, 1.54) is 4.74 Å². The lowest BCUT2D eigenvalue weighted by Gasteiger charge is -2.01. The Bertz CT molecular complexity index is 583. The van der Waals surface area contributed by atoms with Crippen LogP contribution in [0.1, 0.15) is 5.76 Å². The molecule has 2 N–H and O–H groups in total. The maximum absolute atomic E-state index is 11.8. The summed E-state index contributed by atoms with van der Waals surface area (Å²) in [5.41, 5.74) is 1.36. The van der Waals surface area contributed by atoms with Crippen LogP contribution < -0.4 is 11.0 Å². The zero-order chi connectivity index (χ0) is 12.6. The number of hydrogen-bond donors (Lipinski definition) is 2. The highest BCUT2D eigenvalue weighted by molar-refractivity contribution is 6.58. The Hall–Kier alpha value is -1.79. The van der Waals surface area contributed by atoms with Crippen LogP contribution in [-0.4, -0.2) is 21.9 Å². The molecule has 1 aromatic heterocycles. The second kappa shape index (κ2) is 4.23. The quantitative estimate of drug-likeness (QED) is 0.694. The molecule has 2 aromatic rings. The number of benzene rings is 1. The highest BCUT2D eigenvalue weighted by Gasteiger charge is 2.15. The Morgan fingerprint density at radius 1 is 1.24 bits per heavy atom. The van der Waals surface area contributed by atoms with Gasteiger partial charge in [0.15, 0.2) is 0 Å². The van der Waals surface area contributed by atoms with Crippen LogP contribution in [0.3, 0.4) is 0 Å². The summed E-state index contributed by atoms with van der Waals surface area (Å²) >= 11 is 0. The van der Waals surface area contributed by atoms with Gasteiger partial charge in [0.05, 0.1) is 5.56 Å². The van der Waals surface area contributed by atoms with Crippen molar-refractivity contribution in [2.24, 2.45) is 7.05 Å². The Kier molecular flexibility index (Phi) is 2.91. The first kappa shape index (κ1) is 11.7. The average molecular weight is 233 g/mol. The molecule has 88 valence electrons. The number of aryl methyl sites for hydroxylation is 2. The number of hydrogen-bond acceptors (Lipinski definition) is 4. The first-order chi connectivity index (χ1) is 8.00. The van der Waals surface area contributed by atoms with Crippen molar-refractivity contribution in [1.82, 2.24) is 4.74 Å². The lowest BCUT2D eigenvalue weighted by atomic mass is 9.80. The van der Waals surface area contributed by atoms with E-state index >= 15 is 0 Å². The summed E-state index contributed by atoms with van der Waals surface area (Å²) in [4.78, 5) is 11.8. The van der Waals surface area contributed by atoms with E-state index in [0.717, 1.165) is 0 Å². The summed E-state index contributed by atoms with van der Waals surface area (Å²) in [5.74, 6) is 0.537. The van der Waals surface area contributed by atoms with Gasteiger partial charge in [-0.3, -0.25) is 4.79 Å². The minimum absolute atomic E-state index is 0.209. The minimum atomic E-state index is -1.50. The Morgan fingerprint density at radius 3 is 2.24 bits per heavy atom. The first-order valence-corrected chi connectivity index (χ1v) is 5.14. The summed E-state index contributed by atoms with van der Waals surface area (Å²) in [6.07, 6.45) is 0. The highest BCUT2D eigenvalue weighted by Crippen LogP contribution is 2.18. The van der Waals surface area contributed by atoms with Crippen LogP contribution in [-0.2, 0) is 7.05 Å². The van der Waals surface area contributed by atoms with Crippen LogP contribution >= 0.6 is 0 Å². The Balaban J connectivity index is 2.50. The van der Waals surface area contributed by atoms with Gasteiger partial charge in [-0.25, -0.2) is 0 Å². The molecule has 0 unspecified atom stereocenters. The molecule has 0 aliphatic carbocycles. The molecule has 0 atom stereocenters. The van der Waals surface area contributed by atoms with E-state index in [4.69, 9.17) is 14.6 Å². The largest absolute Gasteiger partial charge is 0.488 e. The van der Waals surface area contributed by atoms with E-state index in [9.17, 15) is 4.79 Å². The smallest absolute Gasteiger partial charge is 0.423 e. The van der Waals surface area contributed by atoms with Crippen molar-refractivity contribution < 1.29 is 14.6 Å². The Labute approximate surface area is 98.0 Å². The predicted octanol–water partition coefficient (Wildman–Crippen LogP) is -0.366. The van der Waals surface area contributed by atoms with Gasteiger partial charge < -0.3 is 14.6 Å². The summed E-state index contributed by atoms with van der Waals surface area (Å²) < 4.78 is 6.35. The SMILES string of the molecule is Cc1on(C)c(=O)c1-c1ccc(B(O)O)cc1. The standard InChI is InChI=1S/C11H12BNO4/c1-7-10(11(14)13(2)17-7)8-3-5-9(6-4-8)12(15)16/h3-6,15-16H,1-2H3. The van der Waals surface area contributed by atoms with Gasteiger partial charge in [0.1, 0.15) is 5.76 Å². The third-order valence-corrected chi connectivity index (χ3v) is 2.62. The van der Waals surface area contributed by atoms with E-state index in [1.54, 1.807) is 38.2 Å². The summed E-state index contributed by atoms with van der Waals surface area (Å²) in [6.45, 7) is 1.71. The molecule has 0 aliphatic heterocycles. The van der Waals surface area contributed by atoms with Gasteiger partial charge >= 0.3 is 7.12 Å². The number of aromatic nitrogens is 1. The fourth-order valence-corrected chi connectivity index (χ4v) is 1.75. The zero-order valence-corrected chi connectivity index (χ0v) is 9.54. The van der Waals surface area contributed by atoms with E-state index in [1.807, 2.05) is 0 Å². The third kappa shape index (κ3) is 2.04. The van der Waals surface area contributed by atoms with Crippen LogP contribution in [0.4, 0.5) is 0 Å². The first-order valence-electron chi connectivity index (χ1n) is 5.14. The van der Waals surface area contributed by atoms with Crippen LogP contribution in [0.5, 0.6) is 0 Å². The number of nitrogens with zero attached hydrogens (tertiary/aromatic N) is 1. The number of rotatable bonds is 2. The van der Waals surface area contributed by atoms with Gasteiger partial charge in [-0.05, 0) is 17.9 Å². The molecule has 0 saturated heterocycles. The lowest BCUT2D eigenvalue weighted by molar-refractivity contribution is 0.283. The van der Waals surface area contributed by atoms with Crippen LogP contribution in [0.25, 0.3) is 11.1 Å². The monoisotopic (exact) mass is 233 g/mol. The summed E-state index contributed by atoms with van der Waals surface area (Å²) in [6, 6.07) is 6.44. The molecule has 0 spiro atoms. The molecule has 2 rings (SSSR count). The van der Waals surface area contributed by atoms with E-state index in [-0.39, 0.29) is 5.56 Å². The van der Waals surface area contributed by atoms with Gasteiger partial charge in [-0.2, -0.15) is 4.74 Å². The van der Waals surface area contributed by atoms with E-state index in [2.05, 4.69) is 0 Å². The molecule has 0 fully saturated rings. The Morgan fingerprint density at radius 2 is 1.82 bits per heavy atom. The van der Waals surface area contributed by atoms with E-state index in [0.29, 0.717) is 22.3 Å². The van der Waals surface area contributed by atoms with Crippen molar-refractivity contribution in [3.05, 3.63) is 40.4 Å². The van der Waals surface area contributed by atoms with Crippen molar-refractivity contribution in [2.75, 3.05) is 0 Å². The fraction of sp³-hybridized carbons (Fsp3) is 0.182. The second-order valence-electron chi connectivity index (χ2n) is 3.82. The molecule has 0 bridgehead atoms. The maximum Gasteiger partial charge on any atom is 0.488 e. The topological polar surface area (TPSA) is 75.6 Å². The van der Waals surface area contributed by atoms with Crippen molar-refractivity contribution in [1.29, 1.82) is 0 Å². The summed E-state index contributed by atoms with van der Waals surface area (Å²) in [5, 5.41) is 17.9. The zero-order valence-electron chi connectivity index (χ0n) is 9.54. The molecule has 6 heteroatoms. The maximum atomic E-state index is 11.8. The molecular weight excluding hydrogens is 221 g/mol. The molecule has 0 amide bonds. The molecule has 17 heavy (non-hydrogen) atoms. The second-order valence-corrected chi connectivity index (χ2v) is 3.82. The minimum Gasteiger partial charge on any atom is -0.423 e. The van der Waals surface area contributed by atoms with Crippen LogP contribution in [0, 0.1) is 6.92 Å². The van der Waals surface area contributed by atoms with Crippen molar-refractivity contribution >= 4 is 12.6 Å². The van der Waals surface area contributed by atoms with Gasteiger partial charge in [0.2, 0.25) is 0 Å². The highest BCUT2D eigenvalue weighted by atomic mass is 16.5. The molecule has 1 heterocycles.